The quantitative estimate of drug-likeness (QED) is 0.853. The monoisotopic (exact) mass is 386 g/mol. The third-order valence-corrected chi connectivity index (χ3v) is 5.44. The maximum atomic E-state index is 12.7. The summed E-state index contributed by atoms with van der Waals surface area (Å²) in [6, 6.07) is 9.35. The second-order valence-electron chi connectivity index (χ2n) is 6.96. The second-order valence-corrected chi connectivity index (χ2v) is 7.37. The molecule has 1 fully saturated rings. The van der Waals surface area contributed by atoms with E-state index >= 15 is 0 Å². The molecule has 0 aromatic heterocycles. The first-order valence-electron chi connectivity index (χ1n) is 8.82. The number of aryl methyl sites for hydroxylation is 3. The van der Waals surface area contributed by atoms with Crippen molar-refractivity contribution in [3.05, 3.63) is 52.0 Å². The molecule has 0 radical (unpaired) electrons. The van der Waals surface area contributed by atoms with E-state index in [-0.39, 0.29) is 18.2 Å². The number of hydrogen-bond acceptors (Lipinski definition) is 3. The molecule has 0 bridgehead atoms. The van der Waals surface area contributed by atoms with Crippen molar-refractivity contribution >= 4 is 34.8 Å². The highest BCUT2D eigenvalue weighted by Gasteiger charge is 2.35. The van der Waals surface area contributed by atoms with Crippen LogP contribution in [0.1, 0.15) is 23.1 Å². The minimum atomic E-state index is -0.417. The van der Waals surface area contributed by atoms with Crippen LogP contribution in [0.5, 0.6) is 5.75 Å². The van der Waals surface area contributed by atoms with Gasteiger partial charge in [-0.3, -0.25) is 9.59 Å². The first kappa shape index (κ1) is 19.2. The zero-order valence-corrected chi connectivity index (χ0v) is 16.7. The second kappa shape index (κ2) is 7.61. The fourth-order valence-electron chi connectivity index (χ4n) is 3.19. The van der Waals surface area contributed by atoms with E-state index < -0.39 is 5.92 Å². The largest absolute Gasteiger partial charge is 0.495 e. The number of methoxy groups -OCH3 is 1. The molecule has 1 heterocycles. The lowest BCUT2D eigenvalue weighted by molar-refractivity contribution is -0.122. The molecule has 1 N–H and O–H groups in total. The molecule has 0 saturated carbocycles. The summed E-state index contributed by atoms with van der Waals surface area (Å²) in [4.78, 5) is 26.9. The van der Waals surface area contributed by atoms with Crippen molar-refractivity contribution in [1.82, 2.24) is 0 Å². The van der Waals surface area contributed by atoms with Gasteiger partial charge in [-0.2, -0.15) is 0 Å². The Balaban J connectivity index is 1.76. The molecule has 142 valence electrons. The fourth-order valence-corrected chi connectivity index (χ4v) is 3.34. The lowest BCUT2D eigenvalue weighted by atomic mass is 10.1. The predicted molar refractivity (Wildman–Crippen MR) is 108 cm³/mol. The van der Waals surface area contributed by atoms with Crippen LogP contribution >= 0.6 is 11.6 Å². The van der Waals surface area contributed by atoms with E-state index in [0.29, 0.717) is 23.0 Å². The number of ether oxygens (including phenoxy) is 1. The van der Waals surface area contributed by atoms with Crippen LogP contribution in [0.3, 0.4) is 0 Å². The van der Waals surface area contributed by atoms with Gasteiger partial charge in [0.25, 0.3) is 0 Å². The van der Waals surface area contributed by atoms with Gasteiger partial charge in [0.15, 0.2) is 0 Å². The molecular weight excluding hydrogens is 364 g/mol. The van der Waals surface area contributed by atoms with Crippen LogP contribution in [0.25, 0.3) is 0 Å². The van der Waals surface area contributed by atoms with Gasteiger partial charge in [0.1, 0.15) is 5.75 Å². The Labute approximate surface area is 164 Å². The number of amides is 2. The lowest BCUT2D eigenvalue weighted by Crippen LogP contribution is -2.28. The molecule has 6 heteroatoms. The van der Waals surface area contributed by atoms with Gasteiger partial charge in [-0.25, -0.2) is 0 Å². The van der Waals surface area contributed by atoms with E-state index in [1.165, 1.54) is 12.7 Å². The number of rotatable bonds is 4. The van der Waals surface area contributed by atoms with Crippen LogP contribution in [0.15, 0.2) is 30.3 Å². The summed E-state index contributed by atoms with van der Waals surface area (Å²) in [5.41, 5.74) is 4.52. The number of nitrogens with one attached hydrogen (secondary N) is 1. The van der Waals surface area contributed by atoms with Gasteiger partial charge in [-0.1, -0.05) is 17.7 Å². The predicted octanol–water partition coefficient (Wildman–Crippen LogP) is 4.27. The first-order chi connectivity index (χ1) is 12.8. The van der Waals surface area contributed by atoms with Crippen LogP contribution in [-0.2, 0) is 9.59 Å². The minimum absolute atomic E-state index is 0.0438. The molecule has 5 nitrogen and oxygen atoms in total. The number of carbonyl (C=O) groups is 2. The smallest absolute Gasteiger partial charge is 0.229 e. The van der Waals surface area contributed by atoms with Gasteiger partial charge < -0.3 is 15.0 Å². The normalized spacial score (nSPS) is 16.6. The zero-order chi connectivity index (χ0) is 19.7. The number of carbonyl (C=O) groups excluding carboxylic acids is 2. The van der Waals surface area contributed by atoms with E-state index in [0.717, 1.165) is 16.8 Å². The van der Waals surface area contributed by atoms with Crippen LogP contribution < -0.4 is 15.0 Å². The van der Waals surface area contributed by atoms with Crippen molar-refractivity contribution in [2.45, 2.75) is 27.2 Å². The average Bonchev–Trinajstić information content (AvgIpc) is 3.02. The summed E-state index contributed by atoms with van der Waals surface area (Å²) in [5.74, 6) is -0.165. The average molecular weight is 387 g/mol. The molecule has 2 aromatic rings. The fraction of sp³-hybridized carbons (Fsp3) is 0.333. The Morgan fingerprint density at radius 2 is 1.89 bits per heavy atom. The van der Waals surface area contributed by atoms with Gasteiger partial charge in [0.2, 0.25) is 11.8 Å². The highest BCUT2D eigenvalue weighted by molar-refractivity contribution is 6.31. The molecule has 2 amide bonds. The first-order valence-corrected chi connectivity index (χ1v) is 9.20. The molecule has 1 saturated heterocycles. The molecule has 0 spiro atoms. The van der Waals surface area contributed by atoms with Crippen LogP contribution in [0.4, 0.5) is 11.4 Å². The SMILES string of the molecule is COc1cc(Cl)c(C)cc1NC(=O)C1CC(=O)N(c2ccc(C)c(C)c2)C1. The van der Waals surface area contributed by atoms with Gasteiger partial charge in [-0.15, -0.1) is 0 Å². The third kappa shape index (κ3) is 3.93. The molecule has 1 atom stereocenters. The lowest BCUT2D eigenvalue weighted by Gasteiger charge is -2.18. The Kier molecular flexibility index (Phi) is 5.42. The molecular formula is C21H23ClN2O3. The maximum absolute atomic E-state index is 12.7. The van der Waals surface area contributed by atoms with Crippen LogP contribution in [0, 0.1) is 26.7 Å². The zero-order valence-electron chi connectivity index (χ0n) is 15.9. The Morgan fingerprint density at radius 3 is 2.56 bits per heavy atom. The van der Waals surface area contributed by atoms with Crippen molar-refractivity contribution in [2.75, 3.05) is 23.9 Å². The molecule has 2 aromatic carbocycles. The Morgan fingerprint density at radius 1 is 1.15 bits per heavy atom. The standard InChI is InChI=1S/C21H23ClN2O3/c1-12-5-6-16(7-13(12)2)24-11-15(9-20(24)25)21(26)23-18-8-14(3)17(22)10-19(18)27-4/h5-8,10,15H,9,11H2,1-4H3,(H,23,26). The van der Waals surface area contributed by atoms with Gasteiger partial charge in [0, 0.05) is 29.7 Å². The Hall–Kier alpha value is -2.53. The molecule has 0 aliphatic carbocycles. The molecule has 27 heavy (non-hydrogen) atoms. The Bertz CT molecular complexity index is 911. The van der Waals surface area contributed by atoms with Crippen molar-refractivity contribution in [1.29, 1.82) is 0 Å². The van der Waals surface area contributed by atoms with E-state index in [1.54, 1.807) is 17.0 Å². The summed E-state index contributed by atoms with van der Waals surface area (Å²) in [7, 11) is 1.53. The van der Waals surface area contributed by atoms with E-state index in [1.807, 2.05) is 39.0 Å². The van der Waals surface area contributed by atoms with Gasteiger partial charge >= 0.3 is 0 Å². The summed E-state index contributed by atoms with van der Waals surface area (Å²) in [5, 5.41) is 3.45. The number of hydrogen-bond donors (Lipinski definition) is 1. The molecule has 1 aliphatic rings. The van der Waals surface area contributed by atoms with Crippen molar-refractivity contribution in [3.8, 4) is 5.75 Å². The minimum Gasteiger partial charge on any atom is -0.495 e. The van der Waals surface area contributed by atoms with Crippen molar-refractivity contribution in [3.63, 3.8) is 0 Å². The van der Waals surface area contributed by atoms with Crippen molar-refractivity contribution in [2.24, 2.45) is 5.92 Å². The summed E-state index contributed by atoms with van der Waals surface area (Å²) >= 11 is 6.11. The highest BCUT2D eigenvalue weighted by atomic mass is 35.5. The summed E-state index contributed by atoms with van der Waals surface area (Å²) in [6.07, 6.45) is 0.188. The molecule has 1 unspecified atom stereocenters. The number of benzene rings is 2. The summed E-state index contributed by atoms with van der Waals surface area (Å²) < 4.78 is 5.30. The number of halogens is 1. The van der Waals surface area contributed by atoms with Crippen LogP contribution in [0.2, 0.25) is 5.02 Å². The topological polar surface area (TPSA) is 58.6 Å². The van der Waals surface area contributed by atoms with Gasteiger partial charge in [-0.05, 0) is 55.7 Å². The van der Waals surface area contributed by atoms with Gasteiger partial charge in [0.05, 0.1) is 18.7 Å². The van der Waals surface area contributed by atoms with Crippen LogP contribution in [-0.4, -0.2) is 25.5 Å². The summed E-state index contributed by atoms with van der Waals surface area (Å²) in [6.45, 7) is 6.27. The van der Waals surface area contributed by atoms with E-state index in [4.69, 9.17) is 16.3 Å². The maximum Gasteiger partial charge on any atom is 0.229 e. The highest BCUT2D eigenvalue weighted by Crippen LogP contribution is 2.32. The van der Waals surface area contributed by atoms with E-state index in [9.17, 15) is 9.59 Å². The number of anilines is 2. The molecule has 1 aliphatic heterocycles. The third-order valence-electron chi connectivity index (χ3n) is 5.04. The van der Waals surface area contributed by atoms with E-state index in [2.05, 4.69) is 5.32 Å². The number of nitrogens with zero attached hydrogens (tertiary/aromatic N) is 1. The molecule has 3 rings (SSSR count). The van der Waals surface area contributed by atoms with Crippen molar-refractivity contribution < 1.29 is 14.3 Å².